The van der Waals surface area contributed by atoms with Gasteiger partial charge in [-0.25, -0.2) is 0 Å². The molecule has 80 valence electrons. The van der Waals surface area contributed by atoms with E-state index >= 15 is 0 Å². The molecule has 0 heterocycles. The van der Waals surface area contributed by atoms with E-state index in [4.69, 9.17) is 10.8 Å². The molecule has 0 spiro atoms. The normalized spacial score (nSPS) is 12.9. The van der Waals surface area contributed by atoms with Crippen LogP contribution in [0.25, 0.3) is 0 Å². The highest BCUT2D eigenvalue weighted by Crippen LogP contribution is 2.11. The van der Waals surface area contributed by atoms with Crippen LogP contribution in [0.15, 0.2) is 47.6 Å². The molecule has 2 heteroatoms. The van der Waals surface area contributed by atoms with Gasteiger partial charge in [-0.15, -0.1) is 0 Å². The number of allylic oxidation sites excluding steroid dienone is 7. The quantitative estimate of drug-likeness (QED) is 0.487. The highest BCUT2D eigenvalue weighted by atomic mass is 14.3. The van der Waals surface area contributed by atoms with Crippen LogP contribution in [0.2, 0.25) is 0 Å². The molecule has 0 aromatic rings. The molecule has 0 saturated heterocycles. The van der Waals surface area contributed by atoms with Crippen molar-refractivity contribution in [1.29, 1.82) is 10.8 Å². The monoisotopic (exact) mass is 202 g/mol. The molecule has 0 unspecified atom stereocenters. The summed E-state index contributed by atoms with van der Waals surface area (Å²) in [5, 5.41) is 14.3. The first kappa shape index (κ1) is 13.3. The lowest BCUT2D eigenvalue weighted by Gasteiger charge is -2.01. The van der Waals surface area contributed by atoms with Crippen LogP contribution in [0, 0.1) is 10.8 Å². The van der Waals surface area contributed by atoms with E-state index in [0.29, 0.717) is 5.57 Å². The second kappa shape index (κ2) is 7.68. The molecule has 2 N–H and O–H groups in total. The number of hydrogen-bond donors (Lipinski definition) is 2. The van der Waals surface area contributed by atoms with E-state index in [1.54, 1.807) is 6.08 Å². The van der Waals surface area contributed by atoms with Crippen molar-refractivity contribution >= 4 is 12.4 Å². The van der Waals surface area contributed by atoms with Gasteiger partial charge in [-0.1, -0.05) is 37.8 Å². The maximum Gasteiger partial charge on any atom is 0.0253 e. The van der Waals surface area contributed by atoms with Gasteiger partial charge in [0.2, 0.25) is 0 Å². The Labute approximate surface area is 91.7 Å². The van der Waals surface area contributed by atoms with Gasteiger partial charge in [0.05, 0.1) is 0 Å². The molecular weight excluding hydrogens is 184 g/mol. The summed E-state index contributed by atoms with van der Waals surface area (Å²) >= 11 is 0. The van der Waals surface area contributed by atoms with Gasteiger partial charge < -0.3 is 10.8 Å². The molecule has 0 saturated carbocycles. The van der Waals surface area contributed by atoms with Gasteiger partial charge in [-0.05, 0) is 30.1 Å². The van der Waals surface area contributed by atoms with E-state index in [1.165, 1.54) is 12.4 Å². The summed E-state index contributed by atoms with van der Waals surface area (Å²) in [5.41, 5.74) is 2.53. The van der Waals surface area contributed by atoms with Crippen molar-refractivity contribution in [2.45, 2.75) is 20.3 Å². The fourth-order valence-electron chi connectivity index (χ4n) is 1.08. The standard InChI is InChI=1S/C13H18N2/c1-4-6-13(10-15)12(5-2)8-7-11(3)9-14/h5-10,14-15H,3-4H2,1-2H3/b8-7-,12-5+,13-6+,14-9?,15-10?. The van der Waals surface area contributed by atoms with Crippen LogP contribution in [0.3, 0.4) is 0 Å². The van der Waals surface area contributed by atoms with Crippen LogP contribution in [0.4, 0.5) is 0 Å². The topological polar surface area (TPSA) is 47.7 Å². The number of nitrogens with one attached hydrogen (secondary N) is 2. The van der Waals surface area contributed by atoms with Gasteiger partial charge in [0.15, 0.2) is 0 Å². The van der Waals surface area contributed by atoms with Crippen molar-refractivity contribution in [3.8, 4) is 0 Å². The lowest BCUT2D eigenvalue weighted by molar-refractivity contribution is 1.21. The summed E-state index contributed by atoms with van der Waals surface area (Å²) in [6.07, 6.45) is 11.0. The third-order valence-electron chi connectivity index (χ3n) is 1.89. The third-order valence-corrected chi connectivity index (χ3v) is 1.89. The van der Waals surface area contributed by atoms with Gasteiger partial charge in [-0.2, -0.15) is 0 Å². The van der Waals surface area contributed by atoms with E-state index in [-0.39, 0.29) is 0 Å². The molecule has 0 aromatic carbocycles. The first-order chi connectivity index (χ1) is 7.19. The highest BCUT2D eigenvalue weighted by Gasteiger charge is 1.96. The summed E-state index contributed by atoms with van der Waals surface area (Å²) < 4.78 is 0. The second-order valence-electron chi connectivity index (χ2n) is 3.01. The van der Waals surface area contributed by atoms with E-state index < -0.39 is 0 Å². The second-order valence-corrected chi connectivity index (χ2v) is 3.01. The molecule has 0 aliphatic carbocycles. The zero-order valence-corrected chi connectivity index (χ0v) is 9.38. The van der Waals surface area contributed by atoms with E-state index in [2.05, 4.69) is 6.58 Å². The van der Waals surface area contributed by atoms with Gasteiger partial charge in [0.1, 0.15) is 0 Å². The van der Waals surface area contributed by atoms with Crippen LogP contribution in [0.5, 0.6) is 0 Å². The first-order valence-electron chi connectivity index (χ1n) is 4.94. The van der Waals surface area contributed by atoms with Gasteiger partial charge in [0.25, 0.3) is 0 Å². The van der Waals surface area contributed by atoms with Crippen LogP contribution >= 0.6 is 0 Å². The smallest absolute Gasteiger partial charge is 0.0253 e. The summed E-state index contributed by atoms with van der Waals surface area (Å²) in [6.45, 7) is 7.65. The zero-order chi connectivity index (χ0) is 11.7. The zero-order valence-electron chi connectivity index (χ0n) is 9.38. The average Bonchev–Trinajstić information content (AvgIpc) is 2.27. The maximum absolute atomic E-state index is 7.29. The van der Waals surface area contributed by atoms with Gasteiger partial charge in [0, 0.05) is 12.4 Å². The summed E-state index contributed by atoms with van der Waals surface area (Å²) in [6, 6.07) is 0. The molecule has 0 radical (unpaired) electrons. The Kier molecular flexibility index (Phi) is 6.81. The first-order valence-corrected chi connectivity index (χ1v) is 4.94. The summed E-state index contributed by atoms with van der Waals surface area (Å²) in [5.74, 6) is 0. The molecule has 0 aliphatic heterocycles. The van der Waals surface area contributed by atoms with E-state index in [9.17, 15) is 0 Å². The molecule has 0 amide bonds. The van der Waals surface area contributed by atoms with Crippen molar-refractivity contribution in [2.75, 3.05) is 0 Å². The molecule has 0 aromatic heterocycles. The molecule has 2 nitrogen and oxygen atoms in total. The lowest BCUT2D eigenvalue weighted by Crippen LogP contribution is -1.88. The molecule has 0 rings (SSSR count). The fourth-order valence-corrected chi connectivity index (χ4v) is 1.08. The van der Waals surface area contributed by atoms with Crippen LogP contribution in [0.1, 0.15) is 20.3 Å². The van der Waals surface area contributed by atoms with Crippen molar-refractivity contribution < 1.29 is 0 Å². The minimum atomic E-state index is 0.648. The maximum atomic E-state index is 7.29. The van der Waals surface area contributed by atoms with Crippen molar-refractivity contribution in [3.05, 3.63) is 47.6 Å². The lowest BCUT2D eigenvalue weighted by atomic mass is 10.0. The Morgan fingerprint density at radius 2 is 1.80 bits per heavy atom. The van der Waals surface area contributed by atoms with E-state index in [1.807, 2.05) is 32.1 Å². The molecule has 0 atom stereocenters. The van der Waals surface area contributed by atoms with E-state index in [0.717, 1.165) is 17.6 Å². The Morgan fingerprint density at radius 1 is 1.13 bits per heavy atom. The number of hydrogen-bond acceptors (Lipinski definition) is 2. The minimum absolute atomic E-state index is 0.648. The Hall–Kier alpha value is -1.70. The predicted octanol–water partition coefficient (Wildman–Crippen LogP) is 3.68. The van der Waals surface area contributed by atoms with Crippen molar-refractivity contribution in [3.63, 3.8) is 0 Å². The van der Waals surface area contributed by atoms with Crippen molar-refractivity contribution in [2.24, 2.45) is 0 Å². The summed E-state index contributed by atoms with van der Waals surface area (Å²) in [4.78, 5) is 0. The molecule has 15 heavy (non-hydrogen) atoms. The van der Waals surface area contributed by atoms with Crippen LogP contribution < -0.4 is 0 Å². The van der Waals surface area contributed by atoms with Crippen LogP contribution in [-0.2, 0) is 0 Å². The van der Waals surface area contributed by atoms with Gasteiger partial charge in [-0.3, -0.25) is 0 Å². The SMILES string of the molecule is C=C(C=N)\C=C/C(=C\C)C(/C=N)=C/CC. The Morgan fingerprint density at radius 3 is 2.20 bits per heavy atom. The Bertz CT molecular complexity index is 330. The Balaban J connectivity index is 4.86. The van der Waals surface area contributed by atoms with Gasteiger partial charge >= 0.3 is 0 Å². The summed E-state index contributed by atoms with van der Waals surface area (Å²) in [7, 11) is 0. The largest absolute Gasteiger partial charge is 0.308 e. The highest BCUT2D eigenvalue weighted by molar-refractivity contribution is 5.84. The van der Waals surface area contributed by atoms with Crippen LogP contribution in [-0.4, -0.2) is 12.4 Å². The molecule has 0 bridgehead atoms. The number of rotatable bonds is 6. The average molecular weight is 202 g/mol. The molecule has 0 fully saturated rings. The minimum Gasteiger partial charge on any atom is -0.308 e. The molecule has 0 aliphatic rings. The predicted molar refractivity (Wildman–Crippen MR) is 68.0 cm³/mol. The fraction of sp³-hybridized carbons (Fsp3) is 0.231. The molecular formula is C13H18N2. The third kappa shape index (κ3) is 4.91. The van der Waals surface area contributed by atoms with Crippen molar-refractivity contribution in [1.82, 2.24) is 0 Å².